The van der Waals surface area contributed by atoms with Gasteiger partial charge in [0, 0.05) is 33.1 Å². The highest BCUT2D eigenvalue weighted by atomic mass is 127. The molecule has 0 aliphatic heterocycles. The minimum atomic E-state index is -0.205. The van der Waals surface area contributed by atoms with Gasteiger partial charge < -0.3 is 15.2 Å². The normalized spacial score (nSPS) is 11.4. The molecule has 2 N–H and O–H groups in total. The predicted octanol–water partition coefficient (Wildman–Crippen LogP) is 3.75. The van der Waals surface area contributed by atoms with Gasteiger partial charge in [-0.15, -0.1) is 34.2 Å². The van der Waals surface area contributed by atoms with Gasteiger partial charge in [-0.1, -0.05) is 37.7 Å². The second-order valence-corrected chi connectivity index (χ2v) is 7.79. The van der Waals surface area contributed by atoms with Gasteiger partial charge in [-0.3, -0.25) is 4.99 Å². The van der Waals surface area contributed by atoms with Gasteiger partial charge in [-0.25, -0.2) is 4.39 Å². The molecule has 29 heavy (non-hydrogen) atoms. The molecule has 0 aliphatic rings. The summed E-state index contributed by atoms with van der Waals surface area (Å²) < 4.78 is 15.2. The summed E-state index contributed by atoms with van der Waals surface area (Å²) >= 11 is 1.64. The largest absolute Gasteiger partial charge is 0.356 e. The molecule has 1 heterocycles. The Morgan fingerprint density at radius 3 is 2.45 bits per heavy atom. The number of thioether (sulfide) groups is 1. The van der Waals surface area contributed by atoms with Crippen molar-refractivity contribution in [1.82, 2.24) is 25.4 Å². The highest BCUT2D eigenvalue weighted by Crippen LogP contribution is 2.16. The average Bonchev–Trinajstić information content (AvgIpc) is 3.06. The molecule has 0 saturated heterocycles. The SMILES string of the molecule is CN=C(NCCCc1nnc(SC)n1CC(C)C)NCCc1ccc(F)cc1.I. The molecular formula is C20H32FIN6S. The minimum Gasteiger partial charge on any atom is -0.356 e. The molecule has 0 fully saturated rings. The second kappa shape index (κ2) is 13.8. The summed E-state index contributed by atoms with van der Waals surface area (Å²) in [5, 5.41) is 16.3. The highest BCUT2D eigenvalue weighted by molar-refractivity contribution is 14.0. The first-order valence-corrected chi connectivity index (χ1v) is 10.9. The summed E-state index contributed by atoms with van der Waals surface area (Å²) in [6.07, 6.45) is 4.67. The molecule has 0 saturated carbocycles. The number of nitrogens with one attached hydrogen (secondary N) is 2. The van der Waals surface area contributed by atoms with Crippen molar-refractivity contribution in [2.24, 2.45) is 10.9 Å². The number of halogens is 2. The Labute approximate surface area is 194 Å². The lowest BCUT2D eigenvalue weighted by Gasteiger charge is -2.13. The van der Waals surface area contributed by atoms with Crippen molar-refractivity contribution in [3.05, 3.63) is 41.5 Å². The Morgan fingerprint density at radius 1 is 1.14 bits per heavy atom. The van der Waals surface area contributed by atoms with Crippen LogP contribution in [0.4, 0.5) is 4.39 Å². The molecule has 1 aromatic heterocycles. The maximum Gasteiger partial charge on any atom is 0.190 e. The van der Waals surface area contributed by atoms with E-state index in [-0.39, 0.29) is 29.8 Å². The number of hydrogen-bond donors (Lipinski definition) is 2. The molecule has 0 atom stereocenters. The van der Waals surface area contributed by atoms with E-state index in [1.165, 1.54) is 12.1 Å². The van der Waals surface area contributed by atoms with E-state index in [1.807, 2.05) is 18.4 Å². The van der Waals surface area contributed by atoms with Crippen LogP contribution in [0.1, 0.15) is 31.7 Å². The van der Waals surface area contributed by atoms with Crippen molar-refractivity contribution in [1.29, 1.82) is 0 Å². The van der Waals surface area contributed by atoms with E-state index in [2.05, 4.69) is 44.2 Å². The number of aliphatic imine (C=N–C) groups is 1. The van der Waals surface area contributed by atoms with Crippen LogP contribution in [0.5, 0.6) is 0 Å². The van der Waals surface area contributed by atoms with Crippen molar-refractivity contribution < 1.29 is 4.39 Å². The topological polar surface area (TPSA) is 67.1 Å². The quantitative estimate of drug-likeness (QED) is 0.160. The van der Waals surface area contributed by atoms with Gasteiger partial charge in [0.2, 0.25) is 0 Å². The van der Waals surface area contributed by atoms with E-state index in [0.717, 1.165) is 61.4 Å². The number of nitrogens with zero attached hydrogens (tertiary/aromatic N) is 4. The number of aromatic nitrogens is 3. The third-order valence-electron chi connectivity index (χ3n) is 4.24. The van der Waals surface area contributed by atoms with Crippen molar-refractivity contribution >= 4 is 41.7 Å². The van der Waals surface area contributed by atoms with Crippen LogP contribution in [0.3, 0.4) is 0 Å². The van der Waals surface area contributed by atoms with E-state index >= 15 is 0 Å². The van der Waals surface area contributed by atoms with Crippen molar-refractivity contribution in [2.45, 2.75) is 44.8 Å². The summed E-state index contributed by atoms with van der Waals surface area (Å²) in [6.45, 7) is 6.90. The molecule has 0 radical (unpaired) electrons. The van der Waals surface area contributed by atoms with Gasteiger partial charge in [-0.05, 0) is 42.7 Å². The molecular weight excluding hydrogens is 502 g/mol. The first-order valence-electron chi connectivity index (χ1n) is 9.68. The lowest BCUT2D eigenvalue weighted by molar-refractivity contribution is 0.477. The first-order chi connectivity index (χ1) is 13.5. The highest BCUT2D eigenvalue weighted by Gasteiger charge is 2.12. The lowest BCUT2D eigenvalue weighted by Crippen LogP contribution is -2.38. The van der Waals surface area contributed by atoms with E-state index in [0.29, 0.717) is 5.92 Å². The monoisotopic (exact) mass is 534 g/mol. The summed E-state index contributed by atoms with van der Waals surface area (Å²) in [7, 11) is 1.76. The van der Waals surface area contributed by atoms with E-state index in [9.17, 15) is 4.39 Å². The summed E-state index contributed by atoms with van der Waals surface area (Å²) in [5.41, 5.74) is 1.10. The van der Waals surface area contributed by atoms with Crippen LogP contribution >= 0.6 is 35.7 Å². The molecule has 1 aromatic carbocycles. The fourth-order valence-corrected chi connectivity index (χ4v) is 3.38. The van der Waals surface area contributed by atoms with Crippen LogP contribution < -0.4 is 10.6 Å². The second-order valence-electron chi connectivity index (χ2n) is 7.01. The van der Waals surface area contributed by atoms with Crippen LogP contribution in [0.2, 0.25) is 0 Å². The van der Waals surface area contributed by atoms with Gasteiger partial charge >= 0.3 is 0 Å². The number of benzene rings is 1. The van der Waals surface area contributed by atoms with Gasteiger partial charge in [0.25, 0.3) is 0 Å². The number of guanidine groups is 1. The Morgan fingerprint density at radius 2 is 1.83 bits per heavy atom. The van der Waals surface area contributed by atoms with E-state index in [1.54, 1.807) is 18.8 Å². The molecule has 162 valence electrons. The van der Waals surface area contributed by atoms with Crippen LogP contribution in [-0.2, 0) is 19.4 Å². The molecule has 2 aromatic rings. The Balaban J connectivity index is 0.00000420. The van der Waals surface area contributed by atoms with Gasteiger partial charge in [-0.2, -0.15) is 0 Å². The van der Waals surface area contributed by atoms with Crippen molar-refractivity contribution in [2.75, 3.05) is 26.4 Å². The standard InChI is InChI=1S/C20H31FN6S.HI/c1-15(2)14-27-18(25-26-20(27)28-4)6-5-12-23-19(22-3)24-13-11-16-7-9-17(21)10-8-16;/h7-10,15H,5-6,11-14H2,1-4H3,(H2,22,23,24);1H. The lowest BCUT2D eigenvalue weighted by atomic mass is 10.1. The predicted molar refractivity (Wildman–Crippen MR) is 130 cm³/mol. The zero-order chi connectivity index (χ0) is 20.4. The Hall–Kier alpha value is -1.36. The van der Waals surface area contributed by atoms with Crippen molar-refractivity contribution in [3.63, 3.8) is 0 Å². The summed E-state index contributed by atoms with van der Waals surface area (Å²) in [6, 6.07) is 6.60. The third-order valence-corrected chi connectivity index (χ3v) is 4.90. The van der Waals surface area contributed by atoms with Gasteiger partial charge in [0.15, 0.2) is 11.1 Å². The van der Waals surface area contributed by atoms with Crippen LogP contribution in [-0.4, -0.2) is 47.1 Å². The number of hydrogen-bond acceptors (Lipinski definition) is 4. The van der Waals surface area contributed by atoms with Crippen molar-refractivity contribution in [3.8, 4) is 0 Å². The van der Waals surface area contributed by atoms with E-state index < -0.39 is 0 Å². The molecule has 2 rings (SSSR count). The van der Waals surface area contributed by atoms with Gasteiger partial charge in [0.05, 0.1) is 0 Å². The third kappa shape index (κ3) is 8.90. The molecule has 0 aliphatic carbocycles. The fraction of sp³-hybridized carbons (Fsp3) is 0.550. The summed E-state index contributed by atoms with van der Waals surface area (Å²) in [4.78, 5) is 4.25. The minimum absolute atomic E-state index is 0. The van der Waals surface area contributed by atoms with Crippen LogP contribution in [0.25, 0.3) is 0 Å². The molecule has 0 amide bonds. The number of rotatable bonds is 10. The van der Waals surface area contributed by atoms with Crippen LogP contribution in [0, 0.1) is 11.7 Å². The zero-order valence-electron chi connectivity index (χ0n) is 17.6. The zero-order valence-corrected chi connectivity index (χ0v) is 20.8. The smallest absolute Gasteiger partial charge is 0.190 e. The fourth-order valence-electron chi connectivity index (χ4n) is 2.85. The van der Waals surface area contributed by atoms with E-state index in [4.69, 9.17) is 0 Å². The molecule has 0 spiro atoms. The maximum atomic E-state index is 12.9. The molecule has 0 bridgehead atoms. The molecule has 0 unspecified atom stereocenters. The summed E-state index contributed by atoms with van der Waals surface area (Å²) in [5.74, 6) is 2.17. The molecule has 9 heteroatoms. The van der Waals surface area contributed by atoms with Crippen LogP contribution in [0.15, 0.2) is 34.4 Å². The molecule has 6 nitrogen and oxygen atoms in total. The average molecular weight is 534 g/mol. The Kier molecular flexibility index (Phi) is 12.2. The maximum absolute atomic E-state index is 12.9. The number of aryl methyl sites for hydroxylation is 1. The Bertz CT molecular complexity index is 748. The van der Waals surface area contributed by atoms with Gasteiger partial charge in [0.1, 0.15) is 11.6 Å². The first kappa shape index (κ1) is 25.7.